The minimum absolute atomic E-state index is 0.160. The molecule has 0 radical (unpaired) electrons. The molecule has 0 saturated carbocycles. The molecular weight excluding hydrogens is 304 g/mol. The molecule has 0 spiro atoms. The Hall–Kier alpha value is -1.95. The van der Waals surface area contributed by atoms with Crippen molar-refractivity contribution in [2.24, 2.45) is 0 Å². The summed E-state index contributed by atoms with van der Waals surface area (Å²) in [5.74, 6) is -0.953. The zero-order valence-corrected chi connectivity index (χ0v) is 14.7. The number of carbonyl (C=O) groups is 2. The van der Waals surface area contributed by atoms with Crippen LogP contribution in [0.5, 0.6) is 0 Å². The van der Waals surface area contributed by atoms with E-state index in [1.807, 2.05) is 24.8 Å². The zero-order valence-electron chi connectivity index (χ0n) is 14.7. The summed E-state index contributed by atoms with van der Waals surface area (Å²) in [5, 5.41) is 2.74. The lowest BCUT2D eigenvalue weighted by Crippen LogP contribution is -2.47. The van der Waals surface area contributed by atoms with Crippen molar-refractivity contribution in [3.05, 3.63) is 23.5 Å². The Bertz CT molecular complexity index is 646. The Labute approximate surface area is 143 Å². The summed E-state index contributed by atoms with van der Waals surface area (Å²) < 4.78 is 0. The van der Waals surface area contributed by atoms with Gasteiger partial charge >= 0.3 is 11.8 Å². The topological polar surface area (TPSA) is 65.5 Å². The number of fused-ring (bicyclic) bond motifs is 2. The van der Waals surface area contributed by atoms with Crippen LogP contribution in [0.3, 0.4) is 0 Å². The lowest BCUT2D eigenvalue weighted by atomic mass is 10.1. The fraction of sp³-hybridized carbons (Fsp3) is 0.611. The van der Waals surface area contributed by atoms with E-state index in [-0.39, 0.29) is 12.1 Å². The molecule has 2 saturated heterocycles. The monoisotopic (exact) mass is 330 g/mol. The molecule has 3 rings (SSSR count). The standard InChI is InChI=1S/C18H26N4O2/c1-4-21-10-9-14-6-7-15(11-21)22(14)18(24)17(23)20-16-8-5-12(2)19-13(16)3/h5,8,14-15H,4,6-7,9-11H2,1-3H3,(H,20,23)/t14-,15+/m1/s1. The molecule has 0 aromatic carbocycles. The van der Waals surface area contributed by atoms with Gasteiger partial charge in [-0.05, 0) is 51.8 Å². The van der Waals surface area contributed by atoms with Crippen molar-refractivity contribution in [3.63, 3.8) is 0 Å². The summed E-state index contributed by atoms with van der Waals surface area (Å²) in [4.78, 5) is 33.8. The molecule has 2 aliphatic rings. The van der Waals surface area contributed by atoms with Gasteiger partial charge in [-0.3, -0.25) is 14.6 Å². The van der Waals surface area contributed by atoms with Crippen molar-refractivity contribution < 1.29 is 9.59 Å². The van der Waals surface area contributed by atoms with Gasteiger partial charge in [0.05, 0.1) is 11.4 Å². The van der Waals surface area contributed by atoms with Crippen LogP contribution in [0.15, 0.2) is 12.1 Å². The number of anilines is 1. The first-order valence-electron chi connectivity index (χ1n) is 8.79. The van der Waals surface area contributed by atoms with Crippen molar-refractivity contribution in [1.29, 1.82) is 0 Å². The first kappa shape index (κ1) is 16.9. The molecule has 2 fully saturated rings. The second kappa shape index (κ2) is 6.89. The predicted molar refractivity (Wildman–Crippen MR) is 92.7 cm³/mol. The average Bonchev–Trinajstić information content (AvgIpc) is 2.84. The molecule has 1 aromatic rings. The van der Waals surface area contributed by atoms with E-state index in [2.05, 4.69) is 22.1 Å². The van der Waals surface area contributed by atoms with Crippen molar-refractivity contribution >= 4 is 17.5 Å². The fourth-order valence-electron chi connectivity index (χ4n) is 3.88. The van der Waals surface area contributed by atoms with Crippen molar-refractivity contribution in [2.75, 3.05) is 25.0 Å². The third-order valence-electron chi connectivity index (χ3n) is 5.22. The molecule has 130 valence electrons. The first-order valence-corrected chi connectivity index (χ1v) is 8.79. The maximum atomic E-state index is 12.8. The second-order valence-corrected chi connectivity index (χ2v) is 6.82. The summed E-state index contributed by atoms with van der Waals surface area (Å²) in [6, 6.07) is 4.00. The lowest BCUT2D eigenvalue weighted by Gasteiger charge is -2.28. The normalized spacial score (nSPS) is 23.9. The van der Waals surface area contributed by atoms with E-state index < -0.39 is 11.8 Å². The highest BCUT2D eigenvalue weighted by Crippen LogP contribution is 2.30. The van der Waals surface area contributed by atoms with Crippen LogP contribution in [0.25, 0.3) is 0 Å². The van der Waals surface area contributed by atoms with Gasteiger partial charge in [0.15, 0.2) is 0 Å². The molecule has 2 bridgehead atoms. The largest absolute Gasteiger partial charge is 0.327 e. The minimum atomic E-state index is -0.550. The Balaban J connectivity index is 1.72. The number of pyridine rings is 1. The highest BCUT2D eigenvalue weighted by molar-refractivity contribution is 6.39. The van der Waals surface area contributed by atoms with Crippen LogP contribution in [0, 0.1) is 13.8 Å². The van der Waals surface area contributed by atoms with Crippen molar-refractivity contribution in [1.82, 2.24) is 14.8 Å². The molecule has 0 aliphatic carbocycles. The molecular formula is C18H26N4O2. The molecule has 2 atom stereocenters. The number of amides is 2. The summed E-state index contributed by atoms with van der Waals surface area (Å²) in [6.45, 7) is 8.75. The first-order chi connectivity index (χ1) is 11.5. The van der Waals surface area contributed by atoms with Gasteiger partial charge in [-0.1, -0.05) is 6.92 Å². The van der Waals surface area contributed by atoms with Gasteiger partial charge < -0.3 is 15.1 Å². The van der Waals surface area contributed by atoms with Crippen LogP contribution < -0.4 is 5.32 Å². The van der Waals surface area contributed by atoms with E-state index in [4.69, 9.17) is 0 Å². The number of likely N-dealkylation sites (tertiary alicyclic amines) is 1. The molecule has 1 aromatic heterocycles. The van der Waals surface area contributed by atoms with Gasteiger partial charge in [-0.25, -0.2) is 0 Å². The third-order valence-corrected chi connectivity index (χ3v) is 5.22. The number of nitrogens with one attached hydrogen (secondary N) is 1. The van der Waals surface area contributed by atoms with Crippen LogP contribution in [-0.2, 0) is 9.59 Å². The number of hydrogen-bond donors (Lipinski definition) is 1. The molecule has 6 nitrogen and oxygen atoms in total. The molecule has 2 amide bonds. The van der Waals surface area contributed by atoms with Gasteiger partial charge in [-0.2, -0.15) is 0 Å². The fourth-order valence-corrected chi connectivity index (χ4v) is 3.88. The number of hydrogen-bond acceptors (Lipinski definition) is 4. The van der Waals surface area contributed by atoms with Crippen molar-refractivity contribution in [2.45, 2.75) is 52.1 Å². The Morgan fingerprint density at radius 1 is 1.21 bits per heavy atom. The van der Waals surface area contributed by atoms with E-state index in [0.29, 0.717) is 5.69 Å². The highest BCUT2D eigenvalue weighted by atomic mass is 16.2. The average molecular weight is 330 g/mol. The number of aryl methyl sites for hydroxylation is 2. The maximum absolute atomic E-state index is 12.8. The quantitative estimate of drug-likeness (QED) is 0.839. The molecule has 6 heteroatoms. The van der Waals surface area contributed by atoms with E-state index in [0.717, 1.165) is 50.3 Å². The number of carbonyl (C=O) groups excluding carboxylic acids is 2. The van der Waals surface area contributed by atoms with E-state index >= 15 is 0 Å². The molecule has 0 unspecified atom stereocenters. The summed E-state index contributed by atoms with van der Waals surface area (Å²) >= 11 is 0. The smallest absolute Gasteiger partial charge is 0.313 e. The predicted octanol–water partition coefficient (Wildman–Crippen LogP) is 1.72. The van der Waals surface area contributed by atoms with E-state index in [9.17, 15) is 9.59 Å². The summed E-state index contributed by atoms with van der Waals surface area (Å²) in [5.41, 5.74) is 2.23. The van der Waals surface area contributed by atoms with Gasteiger partial charge in [0.1, 0.15) is 0 Å². The molecule has 3 heterocycles. The third kappa shape index (κ3) is 3.29. The number of aromatic nitrogens is 1. The van der Waals surface area contributed by atoms with Gasteiger partial charge in [-0.15, -0.1) is 0 Å². The van der Waals surface area contributed by atoms with E-state index in [1.165, 1.54) is 0 Å². The van der Waals surface area contributed by atoms with Crippen LogP contribution in [0.1, 0.15) is 37.6 Å². The molecule has 1 N–H and O–H groups in total. The molecule has 2 aliphatic heterocycles. The maximum Gasteiger partial charge on any atom is 0.313 e. The number of nitrogens with zero attached hydrogens (tertiary/aromatic N) is 3. The Morgan fingerprint density at radius 3 is 2.67 bits per heavy atom. The van der Waals surface area contributed by atoms with Crippen molar-refractivity contribution in [3.8, 4) is 0 Å². The summed E-state index contributed by atoms with van der Waals surface area (Å²) in [7, 11) is 0. The zero-order chi connectivity index (χ0) is 17.3. The number of likely N-dealkylation sites (N-methyl/N-ethyl adjacent to an activating group) is 1. The summed E-state index contributed by atoms with van der Waals surface area (Å²) in [6.07, 6.45) is 2.95. The SMILES string of the molecule is CCN1CC[C@H]2CC[C@@H](C1)N2C(=O)C(=O)Nc1ccc(C)nc1C. The molecule has 24 heavy (non-hydrogen) atoms. The van der Waals surface area contributed by atoms with Crippen LogP contribution in [-0.4, -0.2) is 58.3 Å². The Kier molecular flexibility index (Phi) is 4.85. The number of rotatable bonds is 2. The second-order valence-electron chi connectivity index (χ2n) is 6.82. The van der Waals surface area contributed by atoms with Crippen LogP contribution >= 0.6 is 0 Å². The van der Waals surface area contributed by atoms with Crippen LogP contribution in [0.4, 0.5) is 5.69 Å². The van der Waals surface area contributed by atoms with Gasteiger partial charge in [0.2, 0.25) is 0 Å². The minimum Gasteiger partial charge on any atom is -0.327 e. The highest BCUT2D eigenvalue weighted by Gasteiger charge is 2.41. The van der Waals surface area contributed by atoms with Crippen LogP contribution in [0.2, 0.25) is 0 Å². The Morgan fingerprint density at radius 2 is 1.96 bits per heavy atom. The van der Waals surface area contributed by atoms with E-state index in [1.54, 1.807) is 6.07 Å². The van der Waals surface area contributed by atoms with Gasteiger partial charge in [0, 0.05) is 30.9 Å². The van der Waals surface area contributed by atoms with Gasteiger partial charge in [0.25, 0.3) is 0 Å². The lowest BCUT2D eigenvalue weighted by molar-refractivity contribution is -0.145.